The normalized spacial score (nSPS) is 11.1. The molecule has 0 aliphatic heterocycles. The molecule has 0 atom stereocenters. The minimum Gasteiger partial charge on any atom is -0.481 e. The van der Waals surface area contributed by atoms with Crippen molar-refractivity contribution in [1.82, 2.24) is 0 Å². The Kier molecular flexibility index (Phi) is 4.42. The van der Waals surface area contributed by atoms with Gasteiger partial charge in [-0.1, -0.05) is 0 Å². The summed E-state index contributed by atoms with van der Waals surface area (Å²) in [6, 6.07) is 3.36. The lowest BCUT2D eigenvalue weighted by atomic mass is 10.2. The van der Waals surface area contributed by atoms with Crippen molar-refractivity contribution >= 4 is 11.9 Å². The molecule has 0 saturated heterocycles. The third-order valence-electron chi connectivity index (χ3n) is 2.05. The highest BCUT2D eigenvalue weighted by molar-refractivity contribution is 5.70. The smallest absolute Gasteiger partial charge is 0.373 e. The quantitative estimate of drug-likeness (QED) is 0.639. The maximum Gasteiger partial charge on any atom is 0.373 e. The maximum absolute atomic E-state index is 11.6. The van der Waals surface area contributed by atoms with Crippen LogP contribution in [0.5, 0.6) is 0 Å². The van der Waals surface area contributed by atoms with E-state index in [4.69, 9.17) is 9.84 Å². The second-order valence-corrected chi connectivity index (χ2v) is 5.04. The van der Waals surface area contributed by atoms with Crippen LogP contribution in [0.1, 0.15) is 26.3 Å². The SMILES string of the molecule is CC(C)(C)OC(=O)C[n+]1ccc(CC(=O)O)cc1. The van der Waals surface area contributed by atoms with Crippen molar-refractivity contribution in [3.8, 4) is 0 Å². The molecular formula is C13H18NO4+. The predicted molar refractivity (Wildman–Crippen MR) is 63.8 cm³/mol. The first-order chi connectivity index (χ1) is 8.26. The fourth-order valence-electron chi connectivity index (χ4n) is 1.41. The molecule has 0 saturated carbocycles. The van der Waals surface area contributed by atoms with Gasteiger partial charge in [-0.05, 0) is 26.3 Å². The summed E-state index contributed by atoms with van der Waals surface area (Å²) in [5, 5.41) is 8.63. The van der Waals surface area contributed by atoms with E-state index in [-0.39, 0.29) is 18.9 Å². The van der Waals surface area contributed by atoms with E-state index in [0.717, 1.165) is 0 Å². The highest BCUT2D eigenvalue weighted by Gasteiger charge is 2.19. The number of pyridine rings is 1. The lowest BCUT2D eigenvalue weighted by molar-refractivity contribution is -0.686. The lowest BCUT2D eigenvalue weighted by Crippen LogP contribution is -2.40. The molecule has 1 heterocycles. The summed E-state index contributed by atoms with van der Waals surface area (Å²) in [7, 11) is 0. The van der Waals surface area contributed by atoms with Gasteiger partial charge in [-0.3, -0.25) is 4.79 Å². The van der Waals surface area contributed by atoms with Gasteiger partial charge in [0.25, 0.3) is 0 Å². The largest absolute Gasteiger partial charge is 0.481 e. The summed E-state index contributed by atoms with van der Waals surface area (Å²) < 4.78 is 6.83. The average Bonchev–Trinajstić information content (AvgIpc) is 2.17. The van der Waals surface area contributed by atoms with Gasteiger partial charge in [0.05, 0.1) is 6.42 Å². The van der Waals surface area contributed by atoms with Gasteiger partial charge in [-0.15, -0.1) is 0 Å². The number of carboxylic acids is 1. The van der Waals surface area contributed by atoms with E-state index < -0.39 is 11.6 Å². The van der Waals surface area contributed by atoms with Crippen LogP contribution >= 0.6 is 0 Å². The molecule has 98 valence electrons. The fraction of sp³-hybridized carbons (Fsp3) is 0.462. The van der Waals surface area contributed by atoms with E-state index in [1.807, 2.05) is 20.8 Å². The van der Waals surface area contributed by atoms with Crippen LogP contribution in [-0.2, 0) is 27.3 Å². The molecule has 18 heavy (non-hydrogen) atoms. The molecule has 5 nitrogen and oxygen atoms in total. The zero-order valence-electron chi connectivity index (χ0n) is 10.8. The molecule has 0 spiro atoms. The van der Waals surface area contributed by atoms with Crippen LogP contribution in [-0.4, -0.2) is 22.6 Å². The molecule has 0 fully saturated rings. The standard InChI is InChI=1S/C13H17NO4/c1-13(2,3)18-12(17)9-14-6-4-10(5-7-14)8-11(15)16/h4-7H,8-9H2,1-3H3/p+1. The molecule has 1 aromatic heterocycles. The Balaban J connectivity index is 2.58. The Morgan fingerprint density at radius 3 is 2.28 bits per heavy atom. The molecule has 1 aromatic rings. The van der Waals surface area contributed by atoms with Crippen molar-refractivity contribution in [2.75, 3.05) is 0 Å². The van der Waals surface area contributed by atoms with Crippen LogP contribution in [0.25, 0.3) is 0 Å². The molecule has 1 rings (SSSR count). The number of carboxylic acid groups (broad SMARTS) is 1. The summed E-state index contributed by atoms with van der Waals surface area (Å²) in [5.74, 6) is -1.20. The highest BCUT2D eigenvalue weighted by Crippen LogP contribution is 2.06. The van der Waals surface area contributed by atoms with Crippen LogP contribution in [0.4, 0.5) is 0 Å². The number of carbonyl (C=O) groups excluding carboxylic acids is 1. The second-order valence-electron chi connectivity index (χ2n) is 5.04. The first kappa shape index (κ1) is 14.2. The van der Waals surface area contributed by atoms with Gasteiger partial charge in [0.1, 0.15) is 5.60 Å². The number of carbonyl (C=O) groups is 2. The van der Waals surface area contributed by atoms with Gasteiger partial charge < -0.3 is 9.84 Å². The monoisotopic (exact) mass is 252 g/mol. The van der Waals surface area contributed by atoms with Crippen LogP contribution in [0, 0.1) is 0 Å². The van der Waals surface area contributed by atoms with Crippen molar-refractivity contribution in [3.05, 3.63) is 30.1 Å². The Bertz CT molecular complexity index is 431. The molecular weight excluding hydrogens is 234 g/mol. The topological polar surface area (TPSA) is 67.5 Å². The maximum atomic E-state index is 11.6. The van der Waals surface area contributed by atoms with E-state index in [9.17, 15) is 9.59 Å². The number of ether oxygens (including phenoxy) is 1. The van der Waals surface area contributed by atoms with E-state index in [1.54, 1.807) is 29.1 Å². The third kappa shape index (κ3) is 5.43. The minimum atomic E-state index is -0.875. The van der Waals surface area contributed by atoms with Crippen molar-refractivity contribution in [3.63, 3.8) is 0 Å². The fourth-order valence-corrected chi connectivity index (χ4v) is 1.41. The van der Waals surface area contributed by atoms with Crippen molar-refractivity contribution in [1.29, 1.82) is 0 Å². The number of nitrogens with zero attached hydrogens (tertiary/aromatic N) is 1. The molecule has 0 bridgehead atoms. The molecule has 0 aliphatic rings. The summed E-state index contributed by atoms with van der Waals surface area (Å²) in [5.41, 5.74) is 0.198. The van der Waals surface area contributed by atoms with E-state index in [2.05, 4.69) is 0 Å². The third-order valence-corrected chi connectivity index (χ3v) is 2.05. The van der Waals surface area contributed by atoms with Crippen molar-refractivity contribution < 1.29 is 24.0 Å². The van der Waals surface area contributed by atoms with Gasteiger partial charge in [0, 0.05) is 12.1 Å². The van der Waals surface area contributed by atoms with Crippen LogP contribution in [0.2, 0.25) is 0 Å². The first-order valence-corrected chi connectivity index (χ1v) is 5.68. The zero-order valence-corrected chi connectivity index (χ0v) is 10.8. The van der Waals surface area contributed by atoms with E-state index in [1.165, 1.54) is 0 Å². The lowest BCUT2D eigenvalue weighted by Gasteiger charge is -2.18. The molecule has 0 amide bonds. The molecule has 0 unspecified atom stereocenters. The van der Waals surface area contributed by atoms with Crippen LogP contribution in [0.15, 0.2) is 24.5 Å². The summed E-state index contributed by atoms with van der Waals surface area (Å²) in [4.78, 5) is 22.1. The number of hydrogen-bond acceptors (Lipinski definition) is 3. The number of hydrogen-bond donors (Lipinski definition) is 1. The molecule has 0 aromatic carbocycles. The van der Waals surface area contributed by atoms with Crippen molar-refractivity contribution in [2.45, 2.75) is 39.3 Å². The number of aromatic nitrogens is 1. The van der Waals surface area contributed by atoms with Crippen LogP contribution in [0.3, 0.4) is 0 Å². The average molecular weight is 252 g/mol. The van der Waals surface area contributed by atoms with E-state index in [0.29, 0.717) is 5.56 Å². The van der Waals surface area contributed by atoms with Crippen molar-refractivity contribution in [2.24, 2.45) is 0 Å². The summed E-state index contributed by atoms with van der Waals surface area (Å²) in [6.07, 6.45) is 3.32. The number of esters is 1. The predicted octanol–water partition coefficient (Wildman–Crippen LogP) is 0.943. The number of aliphatic carboxylic acids is 1. The van der Waals surface area contributed by atoms with Gasteiger partial charge in [0.15, 0.2) is 12.4 Å². The minimum absolute atomic E-state index is 0.0206. The number of rotatable bonds is 4. The van der Waals surface area contributed by atoms with Gasteiger partial charge in [0.2, 0.25) is 6.54 Å². The summed E-state index contributed by atoms with van der Waals surface area (Å²) >= 11 is 0. The Morgan fingerprint density at radius 1 is 1.28 bits per heavy atom. The van der Waals surface area contributed by atoms with Gasteiger partial charge in [-0.25, -0.2) is 4.79 Å². The zero-order chi connectivity index (χ0) is 13.8. The Hall–Kier alpha value is -1.91. The molecule has 0 radical (unpaired) electrons. The van der Waals surface area contributed by atoms with Crippen LogP contribution < -0.4 is 4.57 Å². The Labute approximate surface area is 106 Å². The first-order valence-electron chi connectivity index (χ1n) is 5.68. The molecule has 5 heteroatoms. The second kappa shape index (κ2) is 5.62. The van der Waals surface area contributed by atoms with Gasteiger partial charge in [-0.2, -0.15) is 4.57 Å². The molecule has 0 aliphatic carbocycles. The molecule has 1 N–H and O–H groups in total. The van der Waals surface area contributed by atoms with Gasteiger partial charge >= 0.3 is 11.9 Å². The Morgan fingerprint density at radius 2 is 1.83 bits per heavy atom. The highest BCUT2D eigenvalue weighted by atomic mass is 16.6. The van der Waals surface area contributed by atoms with E-state index >= 15 is 0 Å². The summed E-state index contributed by atoms with van der Waals surface area (Å²) in [6.45, 7) is 5.55.